The van der Waals surface area contributed by atoms with Gasteiger partial charge in [-0.25, -0.2) is 14.4 Å². The first-order valence-electron chi connectivity index (χ1n) is 10.0. The first-order valence-corrected chi connectivity index (χ1v) is 10.0. The Hall–Kier alpha value is -4.27. The summed E-state index contributed by atoms with van der Waals surface area (Å²) in [6.07, 6.45) is 3.00. The van der Waals surface area contributed by atoms with E-state index in [1.54, 1.807) is 63.7 Å². The van der Waals surface area contributed by atoms with E-state index in [2.05, 4.69) is 20.4 Å². The van der Waals surface area contributed by atoms with Gasteiger partial charge >= 0.3 is 0 Å². The molecule has 0 aliphatic rings. The van der Waals surface area contributed by atoms with Crippen molar-refractivity contribution >= 4 is 11.8 Å². The van der Waals surface area contributed by atoms with Gasteiger partial charge in [0.25, 0.3) is 0 Å². The molecule has 0 bridgehead atoms. The molecule has 0 fully saturated rings. The van der Waals surface area contributed by atoms with Gasteiger partial charge in [-0.1, -0.05) is 5.16 Å². The van der Waals surface area contributed by atoms with Crippen LogP contribution in [-0.2, 0) is 11.2 Å². The molecule has 0 spiro atoms. The molecule has 0 saturated carbocycles. The lowest BCUT2D eigenvalue weighted by Gasteiger charge is -2.09. The molecule has 2 aromatic heterocycles. The average Bonchev–Trinajstić information content (AvgIpc) is 3.24. The van der Waals surface area contributed by atoms with Crippen molar-refractivity contribution in [2.24, 2.45) is 0 Å². The van der Waals surface area contributed by atoms with Crippen LogP contribution in [0.1, 0.15) is 11.1 Å². The summed E-state index contributed by atoms with van der Waals surface area (Å²) in [5.74, 6) is 0.622. The van der Waals surface area contributed by atoms with E-state index in [-0.39, 0.29) is 24.0 Å². The monoisotopic (exact) mass is 448 g/mol. The summed E-state index contributed by atoms with van der Waals surface area (Å²) in [6, 6.07) is 11.5. The third-order valence-electron chi connectivity index (χ3n) is 4.99. The minimum atomic E-state index is -0.335. The summed E-state index contributed by atoms with van der Waals surface area (Å²) in [4.78, 5) is 21.1. The Balaban J connectivity index is 1.67. The molecule has 8 nitrogen and oxygen atoms in total. The second-order valence-electron chi connectivity index (χ2n) is 7.24. The highest BCUT2D eigenvalue weighted by atomic mass is 19.1. The standard InChI is InChI=1S/C24H21FN4O4/c1-14-8-16(4-5-19(14)25)23-22(20-6-7-26-13-27-20)24(33-29-23)28-21(30)11-15-9-17(31-2)12-18(10-15)32-3/h4-10,12-13H,11H2,1-3H3,(H,28,30). The van der Waals surface area contributed by atoms with Crippen molar-refractivity contribution in [1.82, 2.24) is 15.1 Å². The lowest BCUT2D eigenvalue weighted by atomic mass is 10.0. The number of hydrogen-bond acceptors (Lipinski definition) is 7. The normalized spacial score (nSPS) is 10.7. The van der Waals surface area contributed by atoms with E-state index < -0.39 is 0 Å². The van der Waals surface area contributed by atoms with E-state index in [1.807, 2.05) is 0 Å². The Kier molecular flexibility index (Phi) is 6.30. The molecule has 4 rings (SSSR count). The second kappa shape index (κ2) is 9.47. The predicted octanol–water partition coefficient (Wildman–Crippen LogP) is 4.44. The van der Waals surface area contributed by atoms with Gasteiger partial charge in [0.1, 0.15) is 29.3 Å². The van der Waals surface area contributed by atoms with Gasteiger partial charge in [-0.15, -0.1) is 0 Å². The Bertz CT molecular complexity index is 1270. The van der Waals surface area contributed by atoms with E-state index in [1.165, 1.54) is 12.4 Å². The van der Waals surface area contributed by atoms with Gasteiger partial charge < -0.3 is 14.0 Å². The number of halogens is 1. The van der Waals surface area contributed by atoms with E-state index in [0.717, 1.165) is 0 Å². The molecule has 33 heavy (non-hydrogen) atoms. The van der Waals surface area contributed by atoms with Crippen molar-refractivity contribution in [3.8, 4) is 34.0 Å². The fraction of sp³-hybridized carbons (Fsp3) is 0.167. The number of benzene rings is 2. The third kappa shape index (κ3) is 4.82. The topological polar surface area (TPSA) is 99.4 Å². The van der Waals surface area contributed by atoms with Gasteiger partial charge in [-0.3, -0.25) is 10.1 Å². The first-order chi connectivity index (χ1) is 16.0. The van der Waals surface area contributed by atoms with E-state index in [4.69, 9.17) is 14.0 Å². The molecule has 0 unspecified atom stereocenters. The summed E-state index contributed by atoms with van der Waals surface area (Å²) in [5, 5.41) is 6.90. The molecular formula is C24H21FN4O4. The zero-order chi connectivity index (χ0) is 23.4. The quantitative estimate of drug-likeness (QED) is 0.446. The number of rotatable bonds is 7. The van der Waals surface area contributed by atoms with Gasteiger partial charge in [0, 0.05) is 17.8 Å². The van der Waals surface area contributed by atoms with Gasteiger partial charge in [0.05, 0.1) is 31.9 Å². The molecule has 0 aliphatic heterocycles. The maximum Gasteiger partial charge on any atom is 0.241 e. The van der Waals surface area contributed by atoms with Crippen LogP contribution in [0.5, 0.6) is 11.5 Å². The predicted molar refractivity (Wildman–Crippen MR) is 120 cm³/mol. The number of carbonyl (C=O) groups excluding carboxylic acids is 1. The average molecular weight is 448 g/mol. The first kappa shape index (κ1) is 21.9. The van der Waals surface area contributed by atoms with E-state index in [9.17, 15) is 9.18 Å². The van der Waals surface area contributed by atoms with Crippen molar-refractivity contribution in [2.45, 2.75) is 13.3 Å². The molecular weight excluding hydrogens is 427 g/mol. The minimum Gasteiger partial charge on any atom is -0.497 e. The van der Waals surface area contributed by atoms with Crippen LogP contribution in [-0.4, -0.2) is 35.3 Å². The Morgan fingerprint density at radius 2 is 1.85 bits per heavy atom. The molecule has 1 N–H and O–H groups in total. The number of aromatic nitrogens is 3. The maximum atomic E-state index is 13.8. The number of aryl methyl sites for hydroxylation is 1. The highest BCUT2D eigenvalue weighted by Gasteiger charge is 2.23. The Labute approximate surface area is 189 Å². The van der Waals surface area contributed by atoms with Crippen LogP contribution in [0.25, 0.3) is 22.5 Å². The Morgan fingerprint density at radius 3 is 2.48 bits per heavy atom. The van der Waals surface area contributed by atoms with Crippen LogP contribution in [0.15, 0.2) is 59.5 Å². The zero-order valence-corrected chi connectivity index (χ0v) is 18.3. The third-order valence-corrected chi connectivity index (χ3v) is 4.99. The minimum absolute atomic E-state index is 0.0441. The lowest BCUT2D eigenvalue weighted by molar-refractivity contribution is -0.115. The van der Waals surface area contributed by atoms with Gasteiger partial charge in [-0.2, -0.15) is 0 Å². The van der Waals surface area contributed by atoms with E-state index >= 15 is 0 Å². The highest BCUT2D eigenvalue weighted by Crippen LogP contribution is 2.37. The molecule has 2 heterocycles. The van der Waals surface area contributed by atoms with Crippen molar-refractivity contribution < 1.29 is 23.2 Å². The molecule has 0 atom stereocenters. The van der Waals surface area contributed by atoms with Crippen LogP contribution in [0.2, 0.25) is 0 Å². The summed E-state index contributed by atoms with van der Waals surface area (Å²) >= 11 is 0. The molecule has 0 aliphatic carbocycles. The number of hydrogen-bond donors (Lipinski definition) is 1. The van der Waals surface area contributed by atoms with Crippen molar-refractivity contribution in [2.75, 3.05) is 19.5 Å². The second-order valence-corrected chi connectivity index (χ2v) is 7.24. The maximum absolute atomic E-state index is 13.8. The summed E-state index contributed by atoms with van der Waals surface area (Å²) in [6.45, 7) is 1.66. The van der Waals surface area contributed by atoms with Crippen LogP contribution in [0.4, 0.5) is 10.3 Å². The number of anilines is 1. The fourth-order valence-electron chi connectivity index (χ4n) is 3.37. The van der Waals surface area contributed by atoms with Crippen molar-refractivity contribution in [3.05, 3.63) is 71.9 Å². The largest absolute Gasteiger partial charge is 0.497 e. The van der Waals surface area contributed by atoms with Crippen LogP contribution < -0.4 is 14.8 Å². The number of nitrogens with zero attached hydrogens (tertiary/aromatic N) is 3. The molecule has 9 heteroatoms. The number of nitrogens with one attached hydrogen (secondary N) is 1. The fourth-order valence-corrected chi connectivity index (χ4v) is 3.37. The molecule has 0 radical (unpaired) electrons. The van der Waals surface area contributed by atoms with Gasteiger partial charge in [0.15, 0.2) is 0 Å². The smallest absolute Gasteiger partial charge is 0.241 e. The number of methoxy groups -OCH3 is 2. The molecule has 4 aromatic rings. The number of carbonyl (C=O) groups is 1. The summed E-state index contributed by atoms with van der Waals surface area (Å²) in [7, 11) is 3.08. The number of amides is 1. The molecule has 168 valence electrons. The summed E-state index contributed by atoms with van der Waals surface area (Å²) in [5.41, 5.74) is 3.18. The van der Waals surface area contributed by atoms with Gasteiger partial charge in [-0.05, 0) is 54.4 Å². The number of ether oxygens (including phenoxy) is 2. The van der Waals surface area contributed by atoms with E-state index in [0.29, 0.717) is 45.1 Å². The molecule has 1 amide bonds. The van der Waals surface area contributed by atoms with Crippen LogP contribution in [0, 0.1) is 12.7 Å². The van der Waals surface area contributed by atoms with Crippen molar-refractivity contribution in [3.63, 3.8) is 0 Å². The molecule has 2 aromatic carbocycles. The van der Waals surface area contributed by atoms with Crippen LogP contribution >= 0.6 is 0 Å². The SMILES string of the molecule is COc1cc(CC(=O)Nc2onc(-c3ccc(F)c(C)c3)c2-c2ccncn2)cc(OC)c1. The van der Waals surface area contributed by atoms with Crippen molar-refractivity contribution in [1.29, 1.82) is 0 Å². The summed E-state index contributed by atoms with van der Waals surface area (Å²) < 4.78 is 29.8. The lowest BCUT2D eigenvalue weighted by Crippen LogP contribution is -2.14. The Morgan fingerprint density at radius 1 is 1.09 bits per heavy atom. The zero-order valence-electron chi connectivity index (χ0n) is 18.3. The van der Waals surface area contributed by atoms with Crippen LogP contribution in [0.3, 0.4) is 0 Å². The van der Waals surface area contributed by atoms with Gasteiger partial charge in [0.2, 0.25) is 11.8 Å². The highest BCUT2D eigenvalue weighted by molar-refractivity contribution is 5.97. The molecule has 0 saturated heterocycles.